The van der Waals surface area contributed by atoms with Crippen molar-refractivity contribution < 1.29 is 13.5 Å². The molecule has 0 spiro atoms. The van der Waals surface area contributed by atoms with Gasteiger partial charge in [-0.1, -0.05) is 32.6 Å². The first-order valence-corrected chi connectivity index (χ1v) is 9.84. The van der Waals surface area contributed by atoms with Crippen LogP contribution in [0.15, 0.2) is 0 Å². The smallest absolute Gasteiger partial charge is 0.214 e. The maximum atomic E-state index is 12.5. The molecule has 5 heteroatoms. The number of hydrogen-bond acceptors (Lipinski definition) is 3. The summed E-state index contributed by atoms with van der Waals surface area (Å²) in [6, 6.07) is 0.0425. The molecule has 1 aliphatic heterocycles. The van der Waals surface area contributed by atoms with E-state index >= 15 is 0 Å². The Bertz CT molecular complexity index is 396. The highest BCUT2D eigenvalue weighted by Crippen LogP contribution is 2.35. The van der Waals surface area contributed by atoms with Crippen LogP contribution in [0.5, 0.6) is 0 Å². The molecule has 0 aromatic rings. The van der Waals surface area contributed by atoms with Crippen LogP contribution in [0.4, 0.5) is 0 Å². The van der Waals surface area contributed by atoms with Crippen molar-refractivity contribution in [2.24, 2.45) is 5.92 Å². The van der Waals surface area contributed by atoms with Gasteiger partial charge in [0.05, 0.1) is 11.9 Å². The van der Waals surface area contributed by atoms with Gasteiger partial charge in [0.15, 0.2) is 0 Å². The highest BCUT2D eigenvalue weighted by molar-refractivity contribution is 7.89. The summed E-state index contributed by atoms with van der Waals surface area (Å²) in [5.74, 6) is 0.420. The van der Waals surface area contributed by atoms with E-state index in [2.05, 4.69) is 0 Å². The second kappa shape index (κ2) is 7.23. The Hall–Kier alpha value is -0.130. The van der Waals surface area contributed by atoms with Crippen LogP contribution in [0.25, 0.3) is 0 Å². The lowest BCUT2D eigenvalue weighted by molar-refractivity contribution is 0.0204. The maximum Gasteiger partial charge on any atom is 0.214 e. The fraction of sp³-hybridized carbons (Fsp3) is 1.00. The van der Waals surface area contributed by atoms with E-state index in [9.17, 15) is 13.5 Å². The summed E-state index contributed by atoms with van der Waals surface area (Å²) >= 11 is 0. The molecular formula is C15H29NO3S. The molecule has 20 heavy (non-hydrogen) atoms. The molecule has 0 radical (unpaired) electrons. The number of piperidine rings is 1. The molecule has 2 rings (SSSR count). The SMILES string of the molecule is CCCCS(=O)(=O)N1CCCCC1C1CCCCC1O. The predicted molar refractivity (Wildman–Crippen MR) is 81.0 cm³/mol. The van der Waals surface area contributed by atoms with E-state index in [0.717, 1.165) is 57.8 Å². The topological polar surface area (TPSA) is 57.6 Å². The molecule has 3 unspecified atom stereocenters. The first-order valence-electron chi connectivity index (χ1n) is 8.24. The molecule has 118 valence electrons. The maximum absolute atomic E-state index is 12.5. The lowest BCUT2D eigenvalue weighted by Crippen LogP contribution is -2.51. The average Bonchev–Trinajstić information content (AvgIpc) is 2.46. The molecule has 0 bridgehead atoms. The summed E-state index contributed by atoms with van der Waals surface area (Å²) < 4.78 is 26.8. The first-order chi connectivity index (χ1) is 9.56. The van der Waals surface area contributed by atoms with Gasteiger partial charge in [-0.2, -0.15) is 4.31 Å². The van der Waals surface area contributed by atoms with E-state index in [1.54, 1.807) is 4.31 Å². The van der Waals surface area contributed by atoms with Crippen LogP contribution in [0.1, 0.15) is 64.7 Å². The van der Waals surface area contributed by atoms with Gasteiger partial charge in [0.2, 0.25) is 10.0 Å². The van der Waals surface area contributed by atoms with Crippen LogP contribution in [-0.2, 0) is 10.0 Å². The van der Waals surface area contributed by atoms with Crippen molar-refractivity contribution in [3.63, 3.8) is 0 Å². The molecule has 1 heterocycles. The van der Waals surface area contributed by atoms with Crippen LogP contribution >= 0.6 is 0 Å². The lowest BCUT2D eigenvalue weighted by Gasteiger charge is -2.42. The van der Waals surface area contributed by atoms with Crippen molar-refractivity contribution in [1.82, 2.24) is 4.31 Å². The molecule has 2 fully saturated rings. The van der Waals surface area contributed by atoms with Gasteiger partial charge in [0, 0.05) is 18.5 Å². The van der Waals surface area contributed by atoms with Crippen LogP contribution < -0.4 is 0 Å². The number of sulfonamides is 1. The van der Waals surface area contributed by atoms with Gasteiger partial charge in [-0.3, -0.25) is 0 Å². The number of aliphatic hydroxyl groups excluding tert-OH is 1. The van der Waals surface area contributed by atoms with Gasteiger partial charge < -0.3 is 5.11 Å². The second-order valence-corrected chi connectivity index (χ2v) is 8.40. The van der Waals surface area contributed by atoms with E-state index in [1.807, 2.05) is 6.92 Å². The van der Waals surface area contributed by atoms with Gasteiger partial charge in [0.1, 0.15) is 0 Å². The highest BCUT2D eigenvalue weighted by Gasteiger charge is 2.40. The quantitative estimate of drug-likeness (QED) is 0.849. The Morgan fingerprint density at radius 1 is 1.10 bits per heavy atom. The lowest BCUT2D eigenvalue weighted by atomic mass is 9.79. The van der Waals surface area contributed by atoms with Gasteiger partial charge in [-0.25, -0.2) is 8.42 Å². The third-order valence-electron chi connectivity index (χ3n) is 4.89. The Morgan fingerprint density at radius 2 is 1.80 bits per heavy atom. The molecule has 1 saturated carbocycles. The summed E-state index contributed by atoms with van der Waals surface area (Å²) in [6.45, 7) is 2.67. The minimum atomic E-state index is -3.15. The Labute approximate surface area is 123 Å². The Balaban J connectivity index is 2.12. The zero-order valence-electron chi connectivity index (χ0n) is 12.6. The molecule has 1 N–H and O–H groups in total. The number of hydrogen-bond donors (Lipinski definition) is 1. The number of aliphatic hydroxyl groups is 1. The normalized spacial score (nSPS) is 33.2. The van der Waals surface area contributed by atoms with Crippen molar-refractivity contribution in [3.05, 3.63) is 0 Å². The van der Waals surface area contributed by atoms with Crippen molar-refractivity contribution in [2.75, 3.05) is 12.3 Å². The van der Waals surface area contributed by atoms with Crippen molar-refractivity contribution in [2.45, 2.75) is 76.9 Å². The zero-order chi connectivity index (χ0) is 14.6. The molecule has 0 aromatic carbocycles. The van der Waals surface area contributed by atoms with Crippen LogP contribution in [-0.4, -0.2) is 42.3 Å². The van der Waals surface area contributed by atoms with E-state index in [1.165, 1.54) is 0 Å². The second-order valence-electron chi connectivity index (χ2n) is 6.36. The summed E-state index contributed by atoms with van der Waals surface area (Å²) in [5, 5.41) is 10.3. The van der Waals surface area contributed by atoms with Gasteiger partial charge >= 0.3 is 0 Å². The Morgan fingerprint density at radius 3 is 2.50 bits per heavy atom. The molecule has 2 aliphatic rings. The number of nitrogens with zero attached hydrogens (tertiary/aromatic N) is 1. The van der Waals surface area contributed by atoms with Crippen LogP contribution in [0.3, 0.4) is 0 Å². The minimum Gasteiger partial charge on any atom is -0.393 e. The largest absolute Gasteiger partial charge is 0.393 e. The third-order valence-corrected chi connectivity index (χ3v) is 6.86. The van der Waals surface area contributed by atoms with Gasteiger partial charge in [-0.15, -0.1) is 0 Å². The molecule has 4 nitrogen and oxygen atoms in total. The summed E-state index contributed by atoms with van der Waals surface area (Å²) in [7, 11) is -3.15. The Kier molecular flexibility index (Phi) is 5.87. The summed E-state index contributed by atoms with van der Waals surface area (Å²) in [6.07, 6.45) is 8.33. The zero-order valence-corrected chi connectivity index (χ0v) is 13.4. The average molecular weight is 303 g/mol. The highest BCUT2D eigenvalue weighted by atomic mass is 32.2. The molecule has 3 atom stereocenters. The van der Waals surface area contributed by atoms with E-state index in [4.69, 9.17) is 0 Å². The van der Waals surface area contributed by atoms with Crippen molar-refractivity contribution >= 4 is 10.0 Å². The molecular weight excluding hydrogens is 274 g/mol. The van der Waals surface area contributed by atoms with E-state index in [-0.39, 0.29) is 23.8 Å². The standard InChI is InChI=1S/C15H29NO3S/c1-2-3-12-20(18,19)16-11-7-6-9-14(16)13-8-4-5-10-15(13)17/h13-15,17H,2-12H2,1H3. The fourth-order valence-corrected chi connectivity index (χ4v) is 5.71. The van der Waals surface area contributed by atoms with E-state index < -0.39 is 10.0 Å². The first kappa shape index (κ1) is 16.2. The van der Waals surface area contributed by atoms with Gasteiger partial charge in [0.25, 0.3) is 0 Å². The predicted octanol–water partition coefficient (Wildman–Crippen LogP) is 2.52. The molecule has 0 aromatic heterocycles. The number of unbranched alkanes of at least 4 members (excludes halogenated alkanes) is 1. The van der Waals surface area contributed by atoms with Crippen LogP contribution in [0.2, 0.25) is 0 Å². The monoisotopic (exact) mass is 303 g/mol. The van der Waals surface area contributed by atoms with Crippen molar-refractivity contribution in [3.8, 4) is 0 Å². The van der Waals surface area contributed by atoms with Crippen LogP contribution in [0, 0.1) is 5.92 Å². The fourth-order valence-electron chi connectivity index (χ4n) is 3.74. The van der Waals surface area contributed by atoms with E-state index in [0.29, 0.717) is 6.54 Å². The third kappa shape index (κ3) is 3.74. The summed E-state index contributed by atoms with van der Waals surface area (Å²) in [5.41, 5.74) is 0. The summed E-state index contributed by atoms with van der Waals surface area (Å²) in [4.78, 5) is 0. The molecule has 1 aliphatic carbocycles. The minimum absolute atomic E-state index is 0.0425. The molecule has 0 amide bonds. The van der Waals surface area contributed by atoms with Crippen molar-refractivity contribution in [1.29, 1.82) is 0 Å². The number of rotatable bonds is 5. The van der Waals surface area contributed by atoms with Gasteiger partial charge in [-0.05, 0) is 32.1 Å². The molecule has 1 saturated heterocycles.